The van der Waals surface area contributed by atoms with E-state index in [0.717, 1.165) is 31.6 Å². The van der Waals surface area contributed by atoms with Crippen molar-refractivity contribution in [3.05, 3.63) is 28.7 Å². The van der Waals surface area contributed by atoms with E-state index in [1.807, 2.05) is 26.1 Å². The summed E-state index contributed by atoms with van der Waals surface area (Å²) in [7, 11) is 0. The van der Waals surface area contributed by atoms with Crippen LogP contribution in [0.4, 0.5) is 5.69 Å². The van der Waals surface area contributed by atoms with Crippen LogP contribution in [-0.2, 0) is 6.54 Å². The van der Waals surface area contributed by atoms with E-state index in [1.165, 1.54) is 0 Å². The summed E-state index contributed by atoms with van der Waals surface area (Å²) in [5.41, 5.74) is 6.77. The lowest BCUT2D eigenvalue weighted by Crippen LogP contribution is -2.34. The van der Waals surface area contributed by atoms with Crippen molar-refractivity contribution in [2.75, 3.05) is 11.9 Å². The van der Waals surface area contributed by atoms with Crippen molar-refractivity contribution in [1.82, 2.24) is 4.57 Å². The van der Waals surface area contributed by atoms with E-state index in [1.54, 1.807) is 10.6 Å². The highest BCUT2D eigenvalue weighted by molar-refractivity contribution is 5.40. The maximum absolute atomic E-state index is 11.5. The van der Waals surface area contributed by atoms with E-state index >= 15 is 0 Å². The Balaban J connectivity index is 2.60. The number of hydrogen-bond donors (Lipinski definition) is 2. The van der Waals surface area contributed by atoms with Gasteiger partial charge in [0.05, 0.1) is 5.69 Å². The molecule has 3 N–H and O–H groups in total. The Bertz CT molecular complexity index is 404. The predicted molar refractivity (Wildman–Crippen MR) is 72.4 cm³/mol. The number of anilines is 1. The molecule has 96 valence electrons. The Hall–Kier alpha value is -1.29. The van der Waals surface area contributed by atoms with Gasteiger partial charge in [0.2, 0.25) is 0 Å². The molecule has 0 spiro atoms. The summed E-state index contributed by atoms with van der Waals surface area (Å²) in [5, 5.41) is 3.29. The third kappa shape index (κ3) is 5.04. The van der Waals surface area contributed by atoms with Crippen molar-refractivity contribution in [3.8, 4) is 0 Å². The maximum Gasteiger partial charge on any atom is 0.250 e. The molecule has 1 heterocycles. The molecule has 0 atom stereocenters. The number of pyridine rings is 1. The van der Waals surface area contributed by atoms with E-state index in [4.69, 9.17) is 5.73 Å². The highest BCUT2D eigenvalue weighted by Crippen LogP contribution is 2.07. The van der Waals surface area contributed by atoms with Gasteiger partial charge in [-0.2, -0.15) is 0 Å². The second-order valence-electron chi connectivity index (χ2n) is 5.11. The molecule has 0 bridgehead atoms. The Morgan fingerprint density at radius 3 is 2.71 bits per heavy atom. The average Bonchev–Trinajstić information content (AvgIpc) is 2.21. The zero-order valence-electron chi connectivity index (χ0n) is 11.0. The first-order valence-corrected chi connectivity index (χ1v) is 6.15. The first-order valence-electron chi connectivity index (χ1n) is 6.15. The summed E-state index contributed by atoms with van der Waals surface area (Å²) < 4.78 is 1.73. The molecule has 0 amide bonds. The zero-order valence-corrected chi connectivity index (χ0v) is 11.0. The van der Waals surface area contributed by atoms with Crippen LogP contribution in [-0.4, -0.2) is 16.7 Å². The molecular formula is C13H23N3O. The maximum atomic E-state index is 11.5. The number of nitrogens with zero attached hydrogens (tertiary/aromatic N) is 1. The fraction of sp³-hybridized carbons (Fsp3) is 0.615. The lowest BCUT2D eigenvalue weighted by Gasteiger charge is -2.19. The van der Waals surface area contributed by atoms with E-state index in [0.29, 0.717) is 0 Å². The Labute approximate surface area is 103 Å². The topological polar surface area (TPSA) is 60.1 Å². The fourth-order valence-corrected chi connectivity index (χ4v) is 1.58. The third-order valence-corrected chi connectivity index (χ3v) is 2.55. The van der Waals surface area contributed by atoms with Crippen LogP contribution in [0.5, 0.6) is 0 Å². The van der Waals surface area contributed by atoms with Crippen LogP contribution in [0, 0.1) is 0 Å². The van der Waals surface area contributed by atoms with Crippen LogP contribution in [0.25, 0.3) is 0 Å². The standard InChI is InChI=1S/C13H23N3O/c1-4-9-16-10-11(5-6-12(16)17)15-8-7-13(2,3)14/h5-6,10,15H,4,7-9,14H2,1-3H3. The summed E-state index contributed by atoms with van der Waals surface area (Å²) in [4.78, 5) is 11.5. The molecule has 4 heteroatoms. The van der Waals surface area contributed by atoms with Crippen LogP contribution >= 0.6 is 0 Å². The third-order valence-electron chi connectivity index (χ3n) is 2.55. The lowest BCUT2D eigenvalue weighted by atomic mass is 10.0. The average molecular weight is 237 g/mol. The Kier molecular flexibility index (Phi) is 4.75. The predicted octanol–water partition coefficient (Wildman–Crippen LogP) is 1.80. The molecule has 0 aliphatic heterocycles. The quantitative estimate of drug-likeness (QED) is 0.793. The minimum absolute atomic E-state index is 0.0524. The summed E-state index contributed by atoms with van der Waals surface area (Å²) in [6.07, 6.45) is 3.72. The van der Waals surface area contributed by atoms with Crippen LogP contribution in [0.1, 0.15) is 33.6 Å². The van der Waals surface area contributed by atoms with Crippen molar-refractivity contribution in [2.45, 2.75) is 45.7 Å². The molecule has 0 aliphatic rings. The smallest absolute Gasteiger partial charge is 0.250 e. The van der Waals surface area contributed by atoms with Gasteiger partial charge in [-0.1, -0.05) is 6.92 Å². The molecule has 0 aliphatic carbocycles. The van der Waals surface area contributed by atoms with Crippen molar-refractivity contribution < 1.29 is 0 Å². The monoisotopic (exact) mass is 237 g/mol. The van der Waals surface area contributed by atoms with Gasteiger partial charge in [0, 0.05) is 30.9 Å². The fourth-order valence-electron chi connectivity index (χ4n) is 1.58. The minimum Gasteiger partial charge on any atom is -0.384 e. The van der Waals surface area contributed by atoms with E-state index in [2.05, 4.69) is 12.2 Å². The molecular weight excluding hydrogens is 214 g/mol. The van der Waals surface area contributed by atoms with Gasteiger partial charge in [-0.15, -0.1) is 0 Å². The van der Waals surface area contributed by atoms with Crippen LogP contribution in [0.15, 0.2) is 23.1 Å². The van der Waals surface area contributed by atoms with Gasteiger partial charge in [0.15, 0.2) is 0 Å². The number of nitrogens with two attached hydrogens (primary N) is 1. The van der Waals surface area contributed by atoms with Crippen molar-refractivity contribution >= 4 is 5.69 Å². The molecule has 1 aromatic rings. The van der Waals surface area contributed by atoms with Crippen LogP contribution in [0.2, 0.25) is 0 Å². The molecule has 17 heavy (non-hydrogen) atoms. The van der Waals surface area contributed by atoms with Gasteiger partial charge in [-0.25, -0.2) is 0 Å². The number of hydrogen-bond acceptors (Lipinski definition) is 3. The first kappa shape index (κ1) is 13.8. The van der Waals surface area contributed by atoms with Gasteiger partial charge in [0.1, 0.15) is 0 Å². The molecule has 0 aromatic carbocycles. The van der Waals surface area contributed by atoms with Crippen molar-refractivity contribution in [2.24, 2.45) is 5.73 Å². The summed E-state index contributed by atoms with van der Waals surface area (Å²) >= 11 is 0. The van der Waals surface area contributed by atoms with Crippen LogP contribution < -0.4 is 16.6 Å². The van der Waals surface area contributed by atoms with E-state index in [9.17, 15) is 4.79 Å². The molecule has 0 saturated carbocycles. The number of aromatic nitrogens is 1. The second kappa shape index (κ2) is 5.87. The Morgan fingerprint density at radius 1 is 1.41 bits per heavy atom. The molecule has 0 saturated heterocycles. The normalized spacial score (nSPS) is 11.5. The highest BCUT2D eigenvalue weighted by Gasteiger charge is 2.09. The first-order chi connectivity index (χ1) is 7.92. The van der Waals surface area contributed by atoms with Gasteiger partial charge < -0.3 is 15.6 Å². The molecule has 0 fully saturated rings. The van der Waals surface area contributed by atoms with Crippen molar-refractivity contribution in [3.63, 3.8) is 0 Å². The van der Waals surface area contributed by atoms with Crippen LogP contribution in [0.3, 0.4) is 0 Å². The van der Waals surface area contributed by atoms with Gasteiger partial charge >= 0.3 is 0 Å². The molecule has 1 rings (SSSR count). The largest absolute Gasteiger partial charge is 0.384 e. The van der Waals surface area contributed by atoms with E-state index in [-0.39, 0.29) is 11.1 Å². The number of rotatable bonds is 6. The van der Waals surface area contributed by atoms with E-state index < -0.39 is 0 Å². The second-order valence-corrected chi connectivity index (χ2v) is 5.11. The summed E-state index contributed by atoms with van der Waals surface area (Å²) in [6, 6.07) is 3.42. The highest BCUT2D eigenvalue weighted by atomic mass is 16.1. The lowest BCUT2D eigenvalue weighted by molar-refractivity contribution is 0.490. The van der Waals surface area contributed by atoms with Crippen molar-refractivity contribution in [1.29, 1.82) is 0 Å². The minimum atomic E-state index is -0.162. The molecule has 0 unspecified atom stereocenters. The Morgan fingerprint density at radius 2 is 2.12 bits per heavy atom. The number of nitrogens with one attached hydrogen (secondary N) is 1. The van der Waals surface area contributed by atoms with Gasteiger partial charge in [0.25, 0.3) is 5.56 Å². The number of aryl methyl sites for hydroxylation is 1. The molecule has 0 radical (unpaired) electrons. The summed E-state index contributed by atoms with van der Waals surface area (Å²) in [6.45, 7) is 7.65. The molecule has 4 nitrogen and oxygen atoms in total. The zero-order chi connectivity index (χ0) is 12.9. The molecule has 1 aromatic heterocycles. The summed E-state index contributed by atoms with van der Waals surface area (Å²) in [5.74, 6) is 0. The van der Waals surface area contributed by atoms with Gasteiger partial charge in [-0.3, -0.25) is 4.79 Å². The van der Waals surface area contributed by atoms with Gasteiger partial charge in [-0.05, 0) is 32.8 Å². The SMILES string of the molecule is CCCn1cc(NCCC(C)(C)N)ccc1=O.